The van der Waals surface area contributed by atoms with Crippen molar-refractivity contribution in [1.29, 1.82) is 0 Å². The number of nitrogens with two attached hydrogens (primary N) is 1. The maximum absolute atomic E-state index is 13.1. The van der Waals surface area contributed by atoms with Crippen LogP contribution in [0.4, 0.5) is 5.13 Å². The zero-order chi connectivity index (χ0) is 28.9. The minimum atomic E-state index is -1.19. The van der Waals surface area contributed by atoms with E-state index in [1.807, 2.05) is 0 Å². The minimum absolute atomic E-state index is 0.0241. The van der Waals surface area contributed by atoms with Gasteiger partial charge in [0, 0.05) is 30.0 Å². The summed E-state index contributed by atoms with van der Waals surface area (Å²) in [5.74, 6) is -1.51. The van der Waals surface area contributed by atoms with Crippen LogP contribution in [0.5, 0.6) is 0 Å². The Kier molecular flexibility index (Phi) is 9.89. The van der Waals surface area contributed by atoms with Crippen molar-refractivity contribution >= 4 is 63.5 Å². The highest BCUT2D eigenvalue weighted by Gasteiger charge is 2.57. The lowest BCUT2D eigenvalue weighted by Gasteiger charge is -2.53. The van der Waals surface area contributed by atoms with Gasteiger partial charge >= 0.3 is 5.97 Å². The van der Waals surface area contributed by atoms with Crippen LogP contribution in [0.25, 0.3) is 0 Å². The zero-order valence-electron chi connectivity index (χ0n) is 22.5. The van der Waals surface area contributed by atoms with Crippen LogP contribution in [0.15, 0.2) is 15.7 Å². The van der Waals surface area contributed by atoms with E-state index in [4.69, 9.17) is 10.6 Å². The topological polar surface area (TPSA) is 191 Å². The predicted molar refractivity (Wildman–Crippen MR) is 152 cm³/mol. The Labute approximate surface area is 243 Å². The zero-order valence-corrected chi connectivity index (χ0v) is 24.9. The smallest absolute Gasteiger partial charge is 0.313 e. The van der Waals surface area contributed by atoms with Gasteiger partial charge in [-0.05, 0) is 30.7 Å². The number of hydrogen-bond acceptors (Lipinski definition) is 13. The number of nitrogens with zero attached hydrogens (tertiary/aromatic N) is 7. The van der Waals surface area contributed by atoms with Crippen molar-refractivity contribution in [3.8, 4) is 0 Å². The molecule has 0 spiro atoms. The van der Waals surface area contributed by atoms with Crippen LogP contribution in [0.2, 0.25) is 0 Å². The summed E-state index contributed by atoms with van der Waals surface area (Å²) in [5, 5.41) is 30.7. The number of thiazole rings is 1. The van der Waals surface area contributed by atoms with E-state index in [0.717, 1.165) is 37.0 Å². The number of amides is 2. The molecule has 4 heterocycles. The van der Waals surface area contributed by atoms with Crippen LogP contribution in [0, 0.1) is 5.41 Å². The van der Waals surface area contributed by atoms with E-state index in [0.29, 0.717) is 11.7 Å². The Bertz CT molecular complexity index is 1250. The average Bonchev–Trinajstić information content (AvgIpc) is 3.56. The molecule has 14 nitrogen and oxygen atoms in total. The van der Waals surface area contributed by atoms with Gasteiger partial charge in [0.1, 0.15) is 28.6 Å². The molecule has 4 rings (SSSR count). The van der Waals surface area contributed by atoms with Gasteiger partial charge in [0.05, 0.1) is 0 Å². The van der Waals surface area contributed by atoms with Crippen molar-refractivity contribution in [2.24, 2.45) is 10.6 Å². The number of aliphatic carboxylic acids is 1. The van der Waals surface area contributed by atoms with Crippen molar-refractivity contribution in [3.05, 3.63) is 11.1 Å². The van der Waals surface area contributed by atoms with Crippen molar-refractivity contribution in [1.82, 2.24) is 35.4 Å². The number of carbonyl (C=O) groups is 3. The third kappa shape index (κ3) is 6.68. The number of fused-ring (bicyclic) bond motifs is 1. The van der Waals surface area contributed by atoms with Gasteiger partial charge in [-0.1, -0.05) is 43.1 Å². The normalized spacial score (nSPS) is 22.6. The molecule has 4 N–H and O–H groups in total. The van der Waals surface area contributed by atoms with E-state index in [9.17, 15) is 19.5 Å². The Morgan fingerprint density at radius 3 is 2.85 bits per heavy atom. The number of unbranched alkanes of at least 4 members (excludes halogenated alkanes) is 3. The van der Waals surface area contributed by atoms with Gasteiger partial charge in [0.15, 0.2) is 10.8 Å². The molecule has 2 unspecified atom stereocenters. The molecule has 2 amide bonds. The van der Waals surface area contributed by atoms with Gasteiger partial charge in [-0.15, -0.1) is 28.2 Å². The van der Waals surface area contributed by atoms with Crippen LogP contribution in [0.1, 0.15) is 52.1 Å². The highest BCUT2D eigenvalue weighted by atomic mass is 32.2. The van der Waals surface area contributed by atoms with Gasteiger partial charge in [-0.2, -0.15) is 0 Å². The second-order valence-electron chi connectivity index (χ2n) is 9.90. The van der Waals surface area contributed by atoms with E-state index in [1.54, 1.807) is 23.9 Å². The third-order valence-corrected chi connectivity index (χ3v) is 9.93. The lowest BCUT2D eigenvalue weighted by atomic mass is 9.89. The average molecular weight is 612 g/mol. The number of aromatic nitrogens is 5. The van der Waals surface area contributed by atoms with Crippen LogP contribution in [-0.2, 0) is 25.8 Å². The number of rotatable bonds is 14. The number of carbonyl (C=O) groups excluding carboxylic acids is 2. The van der Waals surface area contributed by atoms with Gasteiger partial charge in [0.2, 0.25) is 11.1 Å². The van der Waals surface area contributed by atoms with Crippen LogP contribution >= 0.6 is 34.9 Å². The number of β-lactam (4-membered cyclic amide) rings is 1. The molecular weight excluding hydrogens is 579 g/mol. The van der Waals surface area contributed by atoms with Crippen molar-refractivity contribution in [2.75, 3.05) is 23.8 Å². The first-order valence-corrected chi connectivity index (χ1v) is 15.9. The number of carboxylic acid groups (broad SMARTS) is 1. The maximum atomic E-state index is 13.1. The van der Waals surface area contributed by atoms with Gasteiger partial charge in [-0.3, -0.25) is 14.4 Å². The van der Waals surface area contributed by atoms with Crippen LogP contribution in [-0.4, -0.2) is 94.3 Å². The SMILES string of the molecule is CCCCCCn1nnnc1SCC1(C(=O)O)CS[C@@H]2C(NC(=O)C(=NOC(C)C)c3csc(N)n3)C(=O)N2C1. The molecule has 0 radical (unpaired) electrons. The van der Waals surface area contributed by atoms with E-state index in [1.165, 1.54) is 28.4 Å². The fraction of sp³-hybridized carbons (Fsp3) is 0.652. The Morgan fingerprint density at radius 1 is 1.38 bits per heavy atom. The molecule has 218 valence electrons. The molecule has 2 aromatic rings. The number of nitrogens with one attached hydrogen (secondary N) is 1. The number of aryl methyl sites for hydroxylation is 1. The summed E-state index contributed by atoms with van der Waals surface area (Å²) in [6.45, 7) is 6.36. The summed E-state index contributed by atoms with van der Waals surface area (Å²) in [6.07, 6.45) is 3.99. The summed E-state index contributed by atoms with van der Waals surface area (Å²) in [7, 11) is 0. The summed E-state index contributed by atoms with van der Waals surface area (Å²) < 4.78 is 1.70. The summed E-state index contributed by atoms with van der Waals surface area (Å²) in [5.41, 5.74) is 4.69. The first-order valence-electron chi connectivity index (χ1n) is 13.0. The second kappa shape index (κ2) is 13.2. The molecule has 2 fully saturated rings. The molecule has 40 heavy (non-hydrogen) atoms. The number of tetrazole rings is 1. The molecule has 2 aliphatic rings. The van der Waals surface area contributed by atoms with E-state index in [-0.39, 0.29) is 46.6 Å². The second-order valence-corrected chi connectivity index (χ2v) is 12.8. The number of carboxylic acids is 1. The van der Waals surface area contributed by atoms with E-state index in [2.05, 4.69) is 37.9 Å². The highest BCUT2D eigenvalue weighted by Crippen LogP contribution is 2.44. The molecule has 0 saturated carbocycles. The quantitative estimate of drug-likeness (QED) is 0.0922. The summed E-state index contributed by atoms with van der Waals surface area (Å²) in [6, 6.07) is -0.826. The first kappa shape index (κ1) is 30.0. The molecule has 0 aliphatic carbocycles. The van der Waals surface area contributed by atoms with E-state index >= 15 is 0 Å². The molecule has 2 aromatic heterocycles. The van der Waals surface area contributed by atoms with Crippen molar-refractivity contribution in [2.45, 2.75) is 75.7 Å². The van der Waals surface area contributed by atoms with Crippen molar-refractivity contribution < 1.29 is 24.3 Å². The standard InChI is InChI=1S/C23H33N9O5S3/c1-4-5-6-7-8-32-22(27-29-30-32)40-12-23(20(35)36)10-31-18(34)16(19(31)39-11-23)26-17(33)15(28-37-13(2)3)14-9-38-21(24)25-14/h9,13,16,19H,4-8,10-12H2,1-3H3,(H2,24,25)(H,26,33)(H,35,36)/t16?,19-,23?/m1/s1. The largest absolute Gasteiger partial charge is 0.481 e. The fourth-order valence-corrected chi connectivity index (χ4v) is 7.52. The highest BCUT2D eigenvalue weighted by molar-refractivity contribution is 8.00. The molecule has 17 heteroatoms. The molecular formula is C23H33N9O5S3. The first-order chi connectivity index (χ1) is 19.1. The van der Waals surface area contributed by atoms with Gasteiger partial charge in [0.25, 0.3) is 5.91 Å². The lowest BCUT2D eigenvalue weighted by molar-refractivity contribution is -0.157. The van der Waals surface area contributed by atoms with Crippen LogP contribution < -0.4 is 11.1 Å². The van der Waals surface area contributed by atoms with E-state index < -0.39 is 28.7 Å². The van der Waals surface area contributed by atoms with Gasteiger partial charge < -0.3 is 25.9 Å². The monoisotopic (exact) mass is 611 g/mol. The van der Waals surface area contributed by atoms with Gasteiger partial charge in [-0.25, -0.2) is 9.67 Å². The molecule has 0 bridgehead atoms. The van der Waals surface area contributed by atoms with Crippen molar-refractivity contribution in [3.63, 3.8) is 0 Å². The molecule has 3 atom stereocenters. The Hall–Kier alpha value is -2.92. The lowest BCUT2D eigenvalue weighted by Crippen LogP contribution is -2.74. The Balaban J connectivity index is 1.39. The maximum Gasteiger partial charge on any atom is 0.313 e. The number of thioether (sulfide) groups is 2. The Morgan fingerprint density at radius 2 is 2.17 bits per heavy atom. The number of anilines is 1. The number of hydrogen-bond donors (Lipinski definition) is 3. The number of nitrogen functional groups attached to an aromatic ring is 1. The molecule has 2 saturated heterocycles. The molecule has 2 aliphatic heterocycles. The molecule has 0 aromatic carbocycles. The fourth-order valence-electron chi connectivity index (χ4n) is 4.21. The minimum Gasteiger partial charge on any atom is -0.481 e. The third-order valence-electron chi connectivity index (χ3n) is 6.42. The summed E-state index contributed by atoms with van der Waals surface area (Å²) >= 11 is 3.76. The summed E-state index contributed by atoms with van der Waals surface area (Å²) in [4.78, 5) is 49.5. The number of oxime groups is 1. The van der Waals surface area contributed by atoms with Crippen LogP contribution in [0.3, 0.4) is 0 Å². The predicted octanol–water partition coefficient (Wildman–Crippen LogP) is 1.68.